The summed E-state index contributed by atoms with van der Waals surface area (Å²) in [4.78, 5) is 11.9. The molecule has 0 unspecified atom stereocenters. The van der Waals surface area contributed by atoms with E-state index in [0.717, 1.165) is 12.8 Å². The highest BCUT2D eigenvalue weighted by molar-refractivity contribution is 7.99. The van der Waals surface area contributed by atoms with E-state index < -0.39 is 0 Å². The van der Waals surface area contributed by atoms with Gasteiger partial charge in [0.2, 0.25) is 5.91 Å². The summed E-state index contributed by atoms with van der Waals surface area (Å²) in [5.74, 6) is 0.332. The van der Waals surface area contributed by atoms with E-state index in [2.05, 4.69) is 15.5 Å². The number of amides is 1. The Morgan fingerprint density at radius 3 is 2.90 bits per heavy atom. The van der Waals surface area contributed by atoms with Crippen molar-refractivity contribution < 1.29 is 4.79 Å². The Hall–Kier alpha value is -0.980. The molecule has 1 amide bonds. The smallest absolute Gasteiger partial charge is 0.230 e. The average molecular weight is 345 g/mol. The number of hydrogen-bond donors (Lipinski definition) is 1. The zero-order valence-electron chi connectivity index (χ0n) is 11.2. The first-order chi connectivity index (χ1) is 10.1. The van der Waals surface area contributed by atoms with Crippen molar-refractivity contribution in [1.82, 2.24) is 19.9 Å². The summed E-state index contributed by atoms with van der Waals surface area (Å²) in [6.45, 7) is 0. The van der Waals surface area contributed by atoms with Crippen molar-refractivity contribution in [2.75, 3.05) is 5.75 Å². The van der Waals surface area contributed by atoms with Gasteiger partial charge >= 0.3 is 0 Å². The number of aromatic nitrogens is 3. The Bertz CT molecular complexity index is 669. The third-order valence-electron chi connectivity index (χ3n) is 3.45. The molecule has 1 aliphatic rings. The number of carbonyl (C=O) groups excluding carboxylic acids is 1. The van der Waals surface area contributed by atoms with Crippen molar-refractivity contribution in [2.24, 2.45) is 0 Å². The van der Waals surface area contributed by atoms with Gasteiger partial charge in [-0.15, -0.1) is 10.2 Å². The fourth-order valence-electron chi connectivity index (χ4n) is 2.47. The number of hydrogen-bond acceptors (Lipinski definition) is 4. The molecule has 1 N–H and O–H groups in total. The number of thioether (sulfide) groups is 1. The van der Waals surface area contributed by atoms with E-state index in [-0.39, 0.29) is 5.91 Å². The fourth-order valence-corrected chi connectivity index (χ4v) is 3.70. The summed E-state index contributed by atoms with van der Waals surface area (Å²) in [5.41, 5.74) is 0.541. The summed E-state index contributed by atoms with van der Waals surface area (Å²) in [6.07, 6.45) is 6.25. The van der Waals surface area contributed by atoms with E-state index in [1.165, 1.54) is 24.6 Å². The van der Waals surface area contributed by atoms with Crippen LogP contribution in [0.5, 0.6) is 0 Å². The van der Waals surface area contributed by atoms with Crippen LogP contribution in [0.25, 0.3) is 5.65 Å². The first-order valence-corrected chi connectivity index (χ1v) is 8.49. The molecule has 1 saturated carbocycles. The van der Waals surface area contributed by atoms with E-state index >= 15 is 0 Å². The van der Waals surface area contributed by atoms with Crippen molar-refractivity contribution in [3.8, 4) is 0 Å². The normalized spacial score (nSPS) is 15.7. The van der Waals surface area contributed by atoms with Gasteiger partial charge < -0.3 is 5.32 Å². The Kier molecular flexibility index (Phi) is 4.57. The van der Waals surface area contributed by atoms with Gasteiger partial charge in [-0.1, -0.05) is 47.8 Å². The summed E-state index contributed by atoms with van der Waals surface area (Å²) >= 11 is 13.4. The Labute approximate surface area is 136 Å². The first-order valence-electron chi connectivity index (χ1n) is 6.75. The van der Waals surface area contributed by atoms with Crippen LogP contribution in [0, 0.1) is 0 Å². The van der Waals surface area contributed by atoms with Crippen LogP contribution in [0.2, 0.25) is 10.0 Å². The number of halogens is 2. The standard InChI is InChI=1S/C13H14Cl2N4OS/c14-8-5-10(15)12-17-18-13(19(12)6-8)21-7-11(20)16-9-3-1-2-4-9/h5-6,9H,1-4,7H2,(H,16,20). The van der Waals surface area contributed by atoms with Crippen LogP contribution in [0.1, 0.15) is 25.7 Å². The van der Waals surface area contributed by atoms with E-state index in [0.29, 0.717) is 32.6 Å². The van der Waals surface area contributed by atoms with Gasteiger partial charge in [0.25, 0.3) is 0 Å². The molecule has 8 heteroatoms. The molecule has 112 valence electrons. The molecule has 0 bridgehead atoms. The van der Waals surface area contributed by atoms with Crippen molar-refractivity contribution in [3.05, 3.63) is 22.3 Å². The summed E-state index contributed by atoms with van der Waals surface area (Å²) in [5, 5.41) is 12.7. The highest BCUT2D eigenvalue weighted by atomic mass is 35.5. The van der Waals surface area contributed by atoms with E-state index in [1.807, 2.05) is 0 Å². The Morgan fingerprint density at radius 2 is 2.14 bits per heavy atom. The van der Waals surface area contributed by atoms with Crippen LogP contribution in [-0.2, 0) is 4.79 Å². The number of pyridine rings is 1. The van der Waals surface area contributed by atoms with Crippen LogP contribution in [0.4, 0.5) is 0 Å². The Morgan fingerprint density at radius 1 is 1.38 bits per heavy atom. The predicted molar refractivity (Wildman–Crippen MR) is 84.1 cm³/mol. The molecular formula is C13H14Cl2N4OS. The molecule has 0 aliphatic heterocycles. The van der Waals surface area contributed by atoms with E-state index in [1.54, 1.807) is 16.7 Å². The van der Waals surface area contributed by atoms with Gasteiger partial charge in [0.15, 0.2) is 10.8 Å². The minimum Gasteiger partial charge on any atom is -0.353 e. The molecule has 5 nitrogen and oxygen atoms in total. The van der Waals surface area contributed by atoms with Gasteiger partial charge in [-0.05, 0) is 18.9 Å². The lowest BCUT2D eigenvalue weighted by Gasteiger charge is -2.11. The topological polar surface area (TPSA) is 59.3 Å². The quantitative estimate of drug-likeness (QED) is 0.865. The van der Waals surface area contributed by atoms with E-state index in [4.69, 9.17) is 23.2 Å². The minimum atomic E-state index is 0.0248. The second-order valence-corrected chi connectivity index (χ2v) is 6.81. The molecule has 0 spiro atoms. The lowest BCUT2D eigenvalue weighted by molar-refractivity contribution is -0.119. The number of rotatable bonds is 4. The highest BCUT2D eigenvalue weighted by Crippen LogP contribution is 2.25. The molecule has 0 saturated heterocycles. The highest BCUT2D eigenvalue weighted by Gasteiger charge is 2.18. The van der Waals surface area contributed by atoms with Crippen LogP contribution in [-0.4, -0.2) is 32.3 Å². The first kappa shape index (κ1) is 14.9. The molecule has 21 heavy (non-hydrogen) atoms. The van der Waals surface area contributed by atoms with Crippen molar-refractivity contribution in [3.63, 3.8) is 0 Å². The summed E-state index contributed by atoms with van der Waals surface area (Å²) in [6, 6.07) is 1.95. The lowest BCUT2D eigenvalue weighted by atomic mass is 10.2. The van der Waals surface area contributed by atoms with Gasteiger partial charge in [0.1, 0.15) is 0 Å². The molecular weight excluding hydrogens is 331 g/mol. The SMILES string of the molecule is O=C(CSc1nnc2c(Cl)cc(Cl)cn12)NC1CCCC1. The number of nitrogens with zero attached hydrogens (tertiary/aromatic N) is 3. The summed E-state index contributed by atoms with van der Waals surface area (Å²) in [7, 11) is 0. The second-order valence-electron chi connectivity index (χ2n) is 5.02. The third-order valence-corrected chi connectivity index (χ3v) is 4.88. The number of carbonyl (C=O) groups is 1. The van der Waals surface area contributed by atoms with Crippen LogP contribution < -0.4 is 5.32 Å². The minimum absolute atomic E-state index is 0.0248. The van der Waals surface area contributed by atoms with Crippen LogP contribution >= 0.6 is 35.0 Å². The zero-order chi connectivity index (χ0) is 14.8. The van der Waals surface area contributed by atoms with Gasteiger partial charge in [-0.2, -0.15) is 0 Å². The second kappa shape index (κ2) is 6.42. The molecule has 2 heterocycles. The van der Waals surface area contributed by atoms with E-state index in [9.17, 15) is 4.79 Å². The molecule has 2 aromatic rings. The van der Waals surface area contributed by atoms with Crippen LogP contribution in [0.15, 0.2) is 17.4 Å². The molecule has 1 fully saturated rings. The monoisotopic (exact) mass is 344 g/mol. The maximum absolute atomic E-state index is 11.9. The average Bonchev–Trinajstić information content (AvgIpc) is 3.06. The maximum atomic E-state index is 11.9. The molecule has 1 aliphatic carbocycles. The largest absolute Gasteiger partial charge is 0.353 e. The molecule has 0 radical (unpaired) electrons. The molecule has 0 atom stereocenters. The van der Waals surface area contributed by atoms with Gasteiger partial charge in [-0.25, -0.2) is 0 Å². The van der Waals surface area contributed by atoms with Gasteiger partial charge in [0.05, 0.1) is 15.8 Å². The van der Waals surface area contributed by atoms with Crippen molar-refractivity contribution in [1.29, 1.82) is 0 Å². The molecule has 0 aromatic carbocycles. The van der Waals surface area contributed by atoms with Crippen molar-refractivity contribution in [2.45, 2.75) is 36.9 Å². The third kappa shape index (κ3) is 3.44. The van der Waals surface area contributed by atoms with Crippen LogP contribution in [0.3, 0.4) is 0 Å². The molecule has 2 aromatic heterocycles. The fraction of sp³-hybridized carbons (Fsp3) is 0.462. The van der Waals surface area contributed by atoms with Gasteiger partial charge in [0, 0.05) is 12.2 Å². The number of fused-ring (bicyclic) bond motifs is 1. The lowest BCUT2D eigenvalue weighted by Crippen LogP contribution is -2.33. The predicted octanol–water partition coefficient (Wildman–Crippen LogP) is 3.19. The Balaban J connectivity index is 1.66. The molecule has 3 rings (SSSR count). The van der Waals surface area contributed by atoms with Gasteiger partial charge in [-0.3, -0.25) is 9.20 Å². The maximum Gasteiger partial charge on any atom is 0.230 e. The number of nitrogens with one attached hydrogen (secondary N) is 1. The zero-order valence-corrected chi connectivity index (χ0v) is 13.5. The summed E-state index contributed by atoms with van der Waals surface area (Å²) < 4.78 is 1.71. The van der Waals surface area contributed by atoms with Crippen molar-refractivity contribution >= 4 is 46.5 Å².